The van der Waals surface area contributed by atoms with Crippen molar-refractivity contribution in [3.8, 4) is 6.07 Å². The maximum absolute atomic E-state index is 8.70. The third-order valence-corrected chi connectivity index (χ3v) is 2.54. The van der Waals surface area contributed by atoms with E-state index in [0.717, 1.165) is 21.9 Å². The third kappa shape index (κ3) is 1.47. The topological polar surface area (TPSA) is 49.6 Å². The smallest absolute Gasteiger partial charge is 0.101 e. The molecule has 3 nitrogen and oxygen atoms in total. The molecule has 0 atom stereocenters. The van der Waals surface area contributed by atoms with Crippen molar-refractivity contribution >= 4 is 27.0 Å². The third-order valence-electron chi connectivity index (χ3n) is 1.93. The molecule has 0 fully saturated rings. The molecule has 0 aliphatic heterocycles. The van der Waals surface area contributed by atoms with E-state index in [0.29, 0.717) is 5.56 Å². The van der Waals surface area contributed by atoms with Gasteiger partial charge in [0.25, 0.3) is 0 Å². The summed E-state index contributed by atoms with van der Waals surface area (Å²) in [6.07, 6.45) is 3.29. The fourth-order valence-corrected chi connectivity index (χ4v) is 1.71. The number of hydrogen-bond acceptors (Lipinski definition) is 3. The molecule has 0 bridgehead atoms. The lowest BCUT2D eigenvalue weighted by Crippen LogP contribution is -1.89. The average molecular weight is 248 g/mol. The minimum absolute atomic E-state index is 0.539. The maximum atomic E-state index is 8.70. The Bertz CT molecular complexity index is 516. The summed E-state index contributed by atoms with van der Waals surface area (Å²) in [5, 5.41) is 9.44. The van der Waals surface area contributed by atoms with E-state index in [1.165, 1.54) is 0 Å². The molecule has 0 unspecified atom stereocenters. The van der Waals surface area contributed by atoms with Crippen LogP contribution in [0.3, 0.4) is 0 Å². The lowest BCUT2D eigenvalue weighted by atomic mass is 10.2. The van der Waals surface area contributed by atoms with E-state index in [9.17, 15) is 0 Å². The number of halogens is 1. The van der Waals surface area contributed by atoms with E-state index in [1.807, 2.05) is 12.1 Å². The molecule has 68 valence electrons. The van der Waals surface area contributed by atoms with Gasteiger partial charge in [-0.25, -0.2) is 0 Å². The first kappa shape index (κ1) is 9.10. The standard InChI is InChI=1S/C10H6BrN3/c11-4-8-1-2-13-9-3-7(5-12)6-14-10(8)9/h1-3,6H,4H2. The van der Waals surface area contributed by atoms with Gasteiger partial charge in [0.15, 0.2) is 0 Å². The summed E-state index contributed by atoms with van der Waals surface area (Å²) in [5.41, 5.74) is 3.24. The minimum atomic E-state index is 0.539. The van der Waals surface area contributed by atoms with Gasteiger partial charge in [0.2, 0.25) is 0 Å². The Kier molecular flexibility index (Phi) is 2.42. The molecule has 0 amide bonds. The van der Waals surface area contributed by atoms with Crippen LogP contribution >= 0.6 is 15.9 Å². The molecule has 0 radical (unpaired) electrons. The molecule has 14 heavy (non-hydrogen) atoms. The number of rotatable bonds is 1. The van der Waals surface area contributed by atoms with Crippen LogP contribution in [0.15, 0.2) is 24.5 Å². The quantitative estimate of drug-likeness (QED) is 0.728. The highest BCUT2D eigenvalue weighted by atomic mass is 79.9. The van der Waals surface area contributed by atoms with Gasteiger partial charge in [0.05, 0.1) is 16.6 Å². The second kappa shape index (κ2) is 3.72. The molecular formula is C10H6BrN3. The molecule has 0 spiro atoms. The van der Waals surface area contributed by atoms with Crippen molar-refractivity contribution in [3.63, 3.8) is 0 Å². The van der Waals surface area contributed by atoms with Crippen molar-refractivity contribution in [1.82, 2.24) is 9.97 Å². The first-order valence-electron chi connectivity index (χ1n) is 4.05. The molecule has 2 aromatic heterocycles. The molecule has 2 rings (SSSR count). The molecular weight excluding hydrogens is 242 g/mol. The van der Waals surface area contributed by atoms with E-state index in [-0.39, 0.29) is 0 Å². The highest BCUT2D eigenvalue weighted by Gasteiger charge is 2.02. The van der Waals surface area contributed by atoms with Crippen LogP contribution < -0.4 is 0 Å². The van der Waals surface area contributed by atoms with Gasteiger partial charge in [-0.2, -0.15) is 5.26 Å². The van der Waals surface area contributed by atoms with Crippen LogP contribution in [-0.4, -0.2) is 9.97 Å². The predicted octanol–water partition coefficient (Wildman–Crippen LogP) is 2.40. The Morgan fingerprint density at radius 1 is 1.43 bits per heavy atom. The van der Waals surface area contributed by atoms with Gasteiger partial charge in [0, 0.05) is 17.7 Å². The SMILES string of the molecule is N#Cc1cnc2c(CBr)ccnc2c1. The molecule has 0 aliphatic rings. The Labute approximate surface area is 89.5 Å². The fraction of sp³-hybridized carbons (Fsp3) is 0.100. The van der Waals surface area contributed by atoms with E-state index in [4.69, 9.17) is 5.26 Å². The summed E-state index contributed by atoms with van der Waals surface area (Å²) < 4.78 is 0. The first-order chi connectivity index (χ1) is 6.85. The van der Waals surface area contributed by atoms with Crippen LogP contribution in [0, 0.1) is 11.3 Å². The van der Waals surface area contributed by atoms with Crippen LogP contribution in [0.4, 0.5) is 0 Å². The van der Waals surface area contributed by atoms with Gasteiger partial charge in [-0.05, 0) is 17.7 Å². The average Bonchev–Trinajstić information content (AvgIpc) is 2.27. The van der Waals surface area contributed by atoms with Crippen molar-refractivity contribution < 1.29 is 0 Å². The van der Waals surface area contributed by atoms with Crippen molar-refractivity contribution in [2.24, 2.45) is 0 Å². The van der Waals surface area contributed by atoms with Gasteiger partial charge in [-0.1, -0.05) is 15.9 Å². The van der Waals surface area contributed by atoms with Gasteiger partial charge in [0.1, 0.15) is 6.07 Å². The summed E-state index contributed by atoms with van der Waals surface area (Å²) in [4.78, 5) is 8.37. The van der Waals surface area contributed by atoms with Crippen LogP contribution in [0.25, 0.3) is 11.0 Å². The van der Waals surface area contributed by atoms with E-state index < -0.39 is 0 Å². The van der Waals surface area contributed by atoms with Gasteiger partial charge in [-0.3, -0.25) is 9.97 Å². The van der Waals surface area contributed by atoms with Crippen LogP contribution in [0.1, 0.15) is 11.1 Å². The van der Waals surface area contributed by atoms with E-state index in [2.05, 4.69) is 25.9 Å². The lowest BCUT2D eigenvalue weighted by Gasteiger charge is -2.00. The highest BCUT2D eigenvalue weighted by molar-refractivity contribution is 9.08. The number of aromatic nitrogens is 2. The van der Waals surface area contributed by atoms with Crippen LogP contribution in [-0.2, 0) is 5.33 Å². The van der Waals surface area contributed by atoms with Crippen molar-refractivity contribution in [3.05, 3.63) is 35.7 Å². The lowest BCUT2D eigenvalue weighted by molar-refractivity contribution is 1.28. The van der Waals surface area contributed by atoms with Crippen molar-refractivity contribution in [2.45, 2.75) is 5.33 Å². The Balaban J connectivity index is 2.75. The number of nitriles is 1. The van der Waals surface area contributed by atoms with Crippen molar-refractivity contribution in [2.75, 3.05) is 0 Å². The summed E-state index contributed by atoms with van der Waals surface area (Å²) in [7, 11) is 0. The summed E-state index contributed by atoms with van der Waals surface area (Å²) in [5.74, 6) is 0. The van der Waals surface area contributed by atoms with Gasteiger partial charge >= 0.3 is 0 Å². The zero-order valence-electron chi connectivity index (χ0n) is 7.24. The summed E-state index contributed by atoms with van der Waals surface area (Å²) in [6.45, 7) is 0. The molecule has 0 aromatic carbocycles. The Morgan fingerprint density at radius 2 is 2.29 bits per heavy atom. The predicted molar refractivity (Wildman–Crippen MR) is 56.9 cm³/mol. The Hall–Kier alpha value is -1.47. The zero-order chi connectivity index (χ0) is 9.97. The number of alkyl halides is 1. The minimum Gasteiger partial charge on any atom is -0.255 e. The molecule has 0 N–H and O–H groups in total. The maximum Gasteiger partial charge on any atom is 0.101 e. The largest absolute Gasteiger partial charge is 0.255 e. The fourth-order valence-electron chi connectivity index (χ4n) is 1.25. The highest BCUT2D eigenvalue weighted by Crippen LogP contribution is 2.17. The second-order valence-electron chi connectivity index (χ2n) is 2.81. The van der Waals surface area contributed by atoms with Gasteiger partial charge < -0.3 is 0 Å². The number of fused-ring (bicyclic) bond motifs is 1. The second-order valence-corrected chi connectivity index (χ2v) is 3.37. The summed E-state index contributed by atoms with van der Waals surface area (Å²) >= 11 is 3.38. The molecule has 2 heterocycles. The van der Waals surface area contributed by atoms with E-state index in [1.54, 1.807) is 18.5 Å². The molecule has 0 saturated carbocycles. The number of hydrogen-bond donors (Lipinski definition) is 0. The zero-order valence-corrected chi connectivity index (χ0v) is 8.82. The van der Waals surface area contributed by atoms with Crippen LogP contribution in [0.2, 0.25) is 0 Å². The number of nitrogens with zero attached hydrogens (tertiary/aromatic N) is 3. The normalized spacial score (nSPS) is 10.0. The van der Waals surface area contributed by atoms with E-state index >= 15 is 0 Å². The number of pyridine rings is 2. The molecule has 0 aliphatic carbocycles. The van der Waals surface area contributed by atoms with Crippen LogP contribution in [0.5, 0.6) is 0 Å². The molecule has 0 saturated heterocycles. The van der Waals surface area contributed by atoms with Gasteiger partial charge in [-0.15, -0.1) is 0 Å². The van der Waals surface area contributed by atoms with Crippen molar-refractivity contribution in [1.29, 1.82) is 5.26 Å². The molecule has 4 heteroatoms. The summed E-state index contributed by atoms with van der Waals surface area (Å²) in [6, 6.07) is 5.70. The first-order valence-corrected chi connectivity index (χ1v) is 5.17. The molecule has 2 aromatic rings. The Morgan fingerprint density at radius 3 is 3.00 bits per heavy atom. The monoisotopic (exact) mass is 247 g/mol.